The molecule has 0 unspecified atom stereocenters. The summed E-state index contributed by atoms with van der Waals surface area (Å²) in [6.07, 6.45) is 5.71. The number of hydrazine groups is 2. The number of nitrogens with one attached hydrogen (secondary N) is 3. The van der Waals surface area contributed by atoms with E-state index in [0.717, 1.165) is 47.1 Å². The van der Waals surface area contributed by atoms with Crippen molar-refractivity contribution in [1.82, 2.24) is 5.53 Å². The normalized spacial score (nSPS) is 13.3. The zero-order valence-electron chi connectivity index (χ0n) is 20.7. The second-order valence-electron chi connectivity index (χ2n) is 9.02. The van der Waals surface area contributed by atoms with Crippen molar-refractivity contribution in [1.29, 1.82) is 0 Å². The lowest BCUT2D eigenvalue weighted by Gasteiger charge is -2.37. The summed E-state index contributed by atoms with van der Waals surface area (Å²) >= 11 is 0. The summed E-state index contributed by atoms with van der Waals surface area (Å²) in [6.45, 7) is 3.10. The molecule has 0 fully saturated rings. The number of para-hydroxylation sites is 2. The van der Waals surface area contributed by atoms with Crippen LogP contribution in [0.25, 0.3) is 0 Å². The minimum Gasteiger partial charge on any atom is -0.356 e. The van der Waals surface area contributed by atoms with Crippen LogP contribution >= 0.6 is 0 Å². The van der Waals surface area contributed by atoms with Crippen LogP contribution in [-0.4, -0.2) is 6.54 Å². The first-order valence-electron chi connectivity index (χ1n) is 12.6. The second kappa shape index (κ2) is 11.5. The Morgan fingerprint density at radius 1 is 0.639 bits per heavy atom. The molecule has 3 N–H and O–H groups in total. The van der Waals surface area contributed by atoms with E-state index in [0.29, 0.717) is 0 Å². The third-order valence-electron chi connectivity index (χ3n) is 6.20. The molecule has 4 aromatic rings. The average Bonchev–Trinajstić information content (AvgIpc) is 2.94. The zero-order valence-corrected chi connectivity index (χ0v) is 20.7. The Kier molecular flexibility index (Phi) is 7.49. The SMILES string of the molecule is CCCCC1=CN(c2ccc(Nc3ccccc3)cc2)NN(c2ccc(Nc3ccccc3)cc2)C1. The fourth-order valence-corrected chi connectivity index (χ4v) is 4.26. The molecule has 4 aromatic carbocycles. The van der Waals surface area contributed by atoms with Crippen LogP contribution in [0.4, 0.5) is 34.1 Å². The molecule has 1 aliphatic rings. The molecule has 0 radical (unpaired) electrons. The largest absolute Gasteiger partial charge is 0.356 e. The van der Waals surface area contributed by atoms with Gasteiger partial charge in [0, 0.05) is 28.9 Å². The van der Waals surface area contributed by atoms with Gasteiger partial charge >= 0.3 is 0 Å². The van der Waals surface area contributed by atoms with E-state index in [1.165, 1.54) is 18.4 Å². The molecular weight excluding hydrogens is 442 g/mol. The highest BCUT2D eigenvalue weighted by atomic mass is 15.8. The first kappa shape index (κ1) is 23.5. The van der Waals surface area contributed by atoms with Gasteiger partial charge < -0.3 is 10.6 Å². The number of unbranched alkanes of at least 4 members (excludes halogenated alkanes) is 1. The standard InChI is InChI=1S/C31H33N5/c1-2-3-10-25-23-35(30-19-15-28(16-20-30)32-26-11-6-4-7-12-26)34-36(24-25)31-21-17-29(18-22-31)33-27-13-8-5-9-14-27/h4-9,11-23,32-34H,2-3,10,24H2,1H3. The van der Waals surface area contributed by atoms with Gasteiger partial charge in [-0.05, 0) is 91.2 Å². The lowest BCUT2D eigenvalue weighted by atomic mass is 10.1. The molecule has 0 spiro atoms. The van der Waals surface area contributed by atoms with Crippen LogP contribution in [0.5, 0.6) is 0 Å². The smallest absolute Gasteiger partial charge is 0.0590 e. The zero-order chi connectivity index (χ0) is 24.6. The topological polar surface area (TPSA) is 42.6 Å². The van der Waals surface area contributed by atoms with Gasteiger partial charge in [-0.25, -0.2) is 0 Å². The van der Waals surface area contributed by atoms with Crippen molar-refractivity contribution in [2.24, 2.45) is 0 Å². The Balaban J connectivity index is 1.31. The van der Waals surface area contributed by atoms with E-state index in [1.54, 1.807) is 0 Å². The Morgan fingerprint density at radius 2 is 1.14 bits per heavy atom. The molecule has 182 valence electrons. The van der Waals surface area contributed by atoms with Crippen molar-refractivity contribution in [3.8, 4) is 0 Å². The molecule has 1 heterocycles. The number of nitrogens with zero attached hydrogens (tertiary/aromatic N) is 2. The summed E-state index contributed by atoms with van der Waals surface area (Å²) in [7, 11) is 0. The van der Waals surface area contributed by atoms with Crippen LogP contribution in [0.2, 0.25) is 0 Å². The molecule has 0 atom stereocenters. The maximum atomic E-state index is 3.58. The molecule has 0 saturated heterocycles. The maximum Gasteiger partial charge on any atom is 0.0590 e. The molecule has 0 aliphatic carbocycles. The van der Waals surface area contributed by atoms with Gasteiger partial charge in [0.05, 0.1) is 17.9 Å². The molecular formula is C31H33N5. The third-order valence-corrected chi connectivity index (χ3v) is 6.20. The first-order valence-corrected chi connectivity index (χ1v) is 12.6. The highest BCUT2D eigenvalue weighted by Gasteiger charge is 2.19. The Labute approximate surface area is 214 Å². The third kappa shape index (κ3) is 6.06. The van der Waals surface area contributed by atoms with E-state index in [-0.39, 0.29) is 0 Å². The van der Waals surface area contributed by atoms with E-state index in [2.05, 4.69) is 112 Å². The number of anilines is 6. The van der Waals surface area contributed by atoms with E-state index in [1.807, 2.05) is 36.4 Å². The summed E-state index contributed by atoms with van der Waals surface area (Å²) < 4.78 is 0. The molecule has 0 aromatic heterocycles. The van der Waals surface area contributed by atoms with Gasteiger partial charge in [0.25, 0.3) is 0 Å². The predicted molar refractivity (Wildman–Crippen MR) is 153 cm³/mol. The molecule has 5 rings (SSSR count). The van der Waals surface area contributed by atoms with E-state index in [4.69, 9.17) is 0 Å². The van der Waals surface area contributed by atoms with Gasteiger partial charge in [-0.1, -0.05) is 49.7 Å². The van der Waals surface area contributed by atoms with Crippen molar-refractivity contribution >= 4 is 34.1 Å². The summed E-state index contributed by atoms with van der Waals surface area (Å²) in [4.78, 5) is 0. The van der Waals surface area contributed by atoms with Crippen molar-refractivity contribution in [3.05, 3.63) is 121 Å². The second-order valence-corrected chi connectivity index (χ2v) is 9.02. The lowest BCUT2D eigenvalue weighted by Crippen LogP contribution is -2.52. The summed E-state index contributed by atoms with van der Waals surface area (Å²) in [5, 5.41) is 11.3. The van der Waals surface area contributed by atoms with Gasteiger partial charge in [-0.15, -0.1) is 5.53 Å². The van der Waals surface area contributed by atoms with Crippen LogP contribution in [0.1, 0.15) is 26.2 Å². The van der Waals surface area contributed by atoms with Crippen molar-refractivity contribution < 1.29 is 0 Å². The van der Waals surface area contributed by atoms with Gasteiger partial charge in [0.1, 0.15) is 0 Å². The van der Waals surface area contributed by atoms with Gasteiger partial charge in [0.15, 0.2) is 0 Å². The van der Waals surface area contributed by atoms with Crippen molar-refractivity contribution in [2.75, 3.05) is 27.2 Å². The molecule has 1 aliphatic heterocycles. The van der Waals surface area contributed by atoms with Crippen molar-refractivity contribution in [2.45, 2.75) is 26.2 Å². The predicted octanol–water partition coefficient (Wildman–Crippen LogP) is 7.99. The monoisotopic (exact) mass is 475 g/mol. The van der Waals surface area contributed by atoms with Crippen LogP contribution in [0.15, 0.2) is 121 Å². The summed E-state index contributed by atoms with van der Waals surface area (Å²) in [6, 6.07) is 37.6. The number of benzene rings is 4. The molecule has 0 saturated carbocycles. The summed E-state index contributed by atoms with van der Waals surface area (Å²) in [5.41, 5.74) is 11.5. The van der Waals surface area contributed by atoms with Crippen LogP contribution < -0.4 is 26.2 Å². The highest BCUT2D eigenvalue weighted by molar-refractivity contribution is 5.65. The molecule has 5 nitrogen and oxygen atoms in total. The summed E-state index contributed by atoms with van der Waals surface area (Å²) in [5.74, 6) is 0. The van der Waals surface area contributed by atoms with Gasteiger partial charge in [0.2, 0.25) is 0 Å². The Morgan fingerprint density at radius 3 is 1.67 bits per heavy atom. The Bertz CT molecular complexity index is 1250. The maximum absolute atomic E-state index is 3.58. The van der Waals surface area contributed by atoms with Crippen LogP contribution in [0.3, 0.4) is 0 Å². The minimum absolute atomic E-state index is 0.857. The minimum atomic E-state index is 0.857. The van der Waals surface area contributed by atoms with E-state index in [9.17, 15) is 0 Å². The number of hydrogen-bond acceptors (Lipinski definition) is 5. The fraction of sp³-hybridized carbons (Fsp3) is 0.161. The van der Waals surface area contributed by atoms with E-state index >= 15 is 0 Å². The quantitative estimate of drug-likeness (QED) is 0.229. The van der Waals surface area contributed by atoms with Crippen molar-refractivity contribution in [3.63, 3.8) is 0 Å². The number of hydrogen-bond donors (Lipinski definition) is 3. The first-order chi connectivity index (χ1) is 17.8. The fourth-order valence-electron chi connectivity index (χ4n) is 4.26. The molecule has 5 heteroatoms. The van der Waals surface area contributed by atoms with E-state index < -0.39 is 0 Å². The highest BCUT2D eigenvalue weighted by Crippen LogP contribution is 2.27. The van der Waals surface area contributed by atoms with Gasteiger partial charge in [-0.3, -0.25) is 10.0 Å². The van der Waals surface area contributed by atoms with Crippen LogP contribution in [0, 0.1) is 0 Å². The molecule has 0 bridgehead atoms. The van der Waals surface area contributed by atoms with Crippen LogP contribution in [-0.2, 0) is 0 Å². The number of rotatable bonds is 9. The molecule has 36 heavy (non-hydrogen) atoms. The molecule has 0 amide bonds. The van der Waals surface area contributed by atoms with Gasteiger partial charge in [-0.2, -0.15) is 0 Å². The Hall–Kier alpha value is -4.22. The lowest BCUT2D eigenvalue weighted by molar-refractivity contribution is 0.602. The average molecular weight is 476 g/mol.